The average molecular weight is 588 g/mol. The third kappa shape index (κ3) is 113. The van der Waals surface area contributed by atoms with E-state index in [1.807, 2.05) is 45.6 Å². The Bertz CT molecular complexity index is 356. The summed E-state index contributed by atoms with van der Waals surface area (Å²) >= 11 is 1.86. The normalized spacial score (nSPS) is 8.26. The smallest absolute Gasteiger partial charge is 0.0546 e. The zero-order chi connectivity index (χ0) is 26.8. The summed E-state index contributed by atoms with van der Waals surface area (Å²) in [6, 6.07) is 10.5. The van der Waals surface area contributed by atoms with Gasteiger partial charge in [0, 0.05) is 27.9 Å². The maximum atomic E-state index is 5.17. The van der Waals surface area contributed by atoms with Crippen molar-refractivity contribution in [2.75, 3.05) is 53.5 Å². The Balaban J connectivity index is -0.0000000282. The zero-order valence-corrected chi connectivity index (χ0v) is 25.4. The lowest BCUT2D eigenvalue weighted by molar-refractivity contribution is 0.111. The molecular weight excluding hydrogens is 502 g/mol. The highest BCUT2D eigenvalue weighted by Gasteiger charge is 1.98. The number of thioether (sulfide) groups is 1. The summed E-state index contributed by atoms with van der Waals surface area (Å²) in [5.74, 6) is 1.24. The summed E-state index contributed by atoms with van der Waals surface area (Å²) in [4.78, 5) is 0. The van der Waals surface area contributed by atoms with Gasteiger partial charge in [-0.15, -0.1) is 0 Å². The Morgan fingerprint density at radius 1 is 0.744 bits per heavy atom. The lowest BCUT2D eigenvalue weighted by Gasteiger charge is -2.08. The van der Waals surface area contributed by atoms with Crippen LogP contribution in [0.4, 0.5) is 0 Å². The number of nitrogens with one attached hydrogen (secondary N) is 1. The number of hydrogen-bond donors (Lipinski definition) is 1. The largest absolute Gasteiger partial charge is 0.385 e. The van der Waals surface area contributed by atoms with Gasteiger partial charge in [0.25, 0.3) is 0 Å². The SMILES string of the molecule is C.C.C.C.C.C.CCCC.CCNC.CCOC.CCSC.COC(C)C.COC(C)CCc1ccccc1. The number of aryl methyl sites for hydroxylation is 1. The quantitative estimate of drug-likeness (QED) is 0.311. The summed E-state index contributed by atoms with van der Waals surface area (Å²) in [6.07, 6.45) is 7.69. The van der Waals surface area contributed by atoms with Gasteiger partial charge < -0.3 is 19.5 Å². The molecule has 250 valence electrons. The Morgan fingerprint density at radius 2 is 1.08 bits per heavy atom. The van der Waals surface area contributed by atoms with Crippen molar-refractivity contribution in [3.05, 3.63) is 35.9 Å². The molecule has 0 heterocycles. The summed E-state index contributed by atoms with van der Waals surface area (Å²) in [6.45, 7) is 18.5. The van der Waals surface area contributed by atoms with Crippen molar-refractivity contribution in [1.82, 2.24) is 5.32 Å². The molecule has 1 rings (SSSR count). The monoisotopic (exact) mass is 588 g/mol. The van der Waals surface area contributed by atoms with E-state index >= 15 is 0 Å². The molecule has 1 aromatic carbocycles. The zero-order valence-electron chi connectivity index (χ0n) is 24.6. The number of rotatable bonds is 9. The predicted molar refractivity (Wildman–Crippen MR) is 196 cm³/mol. The van der Waals surface area contributed by atoms with E-state index < -0.39 is 0 Å². The van der Waals surface area contributed by atoms with E-state index in [9.17, 15) is 0 Å². The van der Waals surface area contributed by atoms with Crippen LogP contribution in [0.5, 0.6) is 0 Å². The minimum Gasteiger partial charge on any atom is -0.385 e. The topological polar surface area (TPSA) is 39.7 Å². The maximum Gasteiger partial charge on any atom is 0.0546 e. The van der Waals surface area contributed by atoms with E-state index in [1.165, 1.54) is 24.2 Å². The molecule has 0 aliphatic heterocycles. The second-order valence-electron chi connectivity index (χ2n) is 7.22. The van der Waals surface area contributed by atoms with Crippen LogP contribution >= 0.6 is 11.8 Å². The number of ether oxygens (including phenoxy) is 3. The van der Waals surface area contributed by atoms with Crippen LogP contribution in [0.1, 0.15) is 125 Å². The maximum absolute atomic E-state index is 5.17. The van der Waals surface area contributed by atoms with Gasteiger partial charge in [0.2, 0.25) is 0 Å². The molecule has 1 atom stereocenters. The van der Waals surface area contributed by atoms with Crippen molar-refractivity contribution in [2.24, 2.45) is 0 Å². The Labute approximate surface area is 258 Å². The van der Waals surface area contributed by atoms with Crippen molar-refractivity contribution >= 4 is 11.8 Å². The van der Waals surface area contributed by atoms with Gasteiger partial charge >= 0.3 is 0 Å². The summed E-state index contributed by atoms with van der Waals surface area (Å²) in [5, 5.41) is 2.93. The van der Waals surface area contributed by atoms with Gasteiger partial charge in [0.05, 0.1) is 12.2 Å². The van der Waals surface area contributed by atoms with Crippen molar-refractivity contribution in [1.29, 1.82) is 0 Å². The van der Waals surface area contributed by atoms with E-state index in [0.717, 1.165) is 26.0 Å². The van der Waals surface area contributed by atoms with Gasteiger partial charge in [0.15, 0.2) is 0 Å². The molecular formula is C34H85NO3S. The molecule has 1 aromatic rings. The van der Waals surface area contributed by atoms with E-state index in [0.29, 0.717) is 12.2 Å². The summed E-state index contributed by atoms with van der Waals surface area (Å²) < 4.78 is 14.5. The highest BCUT2D eigenvalue weighted by atomic mass is 32.2. The molecule has 0 bridgehead atoms. The minimum absolute atomic E-state index is 0. The van der Waals surface area contributed by atoms with Crippen LogP contribution < -0.4 is 5.32 Å². The summed E-state index contributed by atoms with van der Waals surface area (Å²) in [5.41, 5.74) is 1.39. The van der Waals surface area contributed by atoms with Gasteiger partial charge in [-0.1, -0.05) is 115 Å². The van der Waals surface area contributed by atoms with Gasteiger partial charge in [0.1, 0.15) is 0 Å². The fraction of sp³-hybridized carbons (Fsp3) is 0.824. The van der Waals surface area contributed by atoms with Gasteiger partial charge in [-0.05, 0) is 71.7 Å². The Kier molecular flexibility index (Phi) is 141. The molecule has 0 spiro atoms. The van der Waals surface area contributed by atoms with Crippen LogP contribution in [-0.2, 0) is 20.6 Å². The molecule has 5 heteroatoms. The number of unbranched alkanes of at least 4 members (excludes halogenated alkanes) is 1. The molecule has 4 nitrogen and oxygen atoms in total. The fourth-order valence-corrected chi connectivity index (χ4v) is 1.13. The van der Waals surface area contributed by atoms with Crippen LogP contribution in [0.15, 0.2) is 30.3 Å². The number of benzene rings is 1. The van der Waals surface area contributed by atoms with Crippen molar-refractivity contribution in [2.45, 2.75) is 138 Å². The van der Waals surface area contributed by atoms with Gasteiger partial charge in [-0.25, -0.2) is 0 Å². The van der Waals surface area contributed by atoms with Crippen molar-refractivity contribution in [3.8, 4) is 0 Å². The number of hydrogen-bond acceptors (Lipinski definition) is 5. The predicted octanol–water partition coefficient (Wildman–Crippen LogP) is 11.6. The molecule has 0 saturated heterocycles. The van der Waals surface area contributed by atoms with Crippen LogP contribution in [0.3, 0.4) is 0 Å². The second-order valence-corrected chi connectivity index (χ2v) is 8.37. The van der Waals surface area contributed by atoms with E-state index in [4.69, 9.17) is 9.47 Å². The molecule has 0 aliphatic rings. The average Bonchev–Trinajstić information content (AvgIpc) is 2.88. The first-order chi connectivity index (χ1) is 15.8. The molecule has 0 radical (unpaired) electrons. The fourth-order valence-electron chi connectivity index (χ4n) is 1.13. The first kappa shape index (κ1) is 71.5. The van der Waals surface area contributed by atoms with Crippen molar-refractivity contribution in [3.63, 3.8) is 0 Å². The minimum atomic E-state index is 0. The first-order valence-electron chi connectivity index (χ1n) is 12.5. The molecule has 0 aliphatic carbocycles. The lowest BCUT2D eigenvalue weighted by Crippen LogP contribution is -2.05. The molecule has 1 unspecified atom stereocenters. The van der Waals surface area contributed by atoms with Crippen molar-refractivity contribution < 1.29 is 14.2 Å². The molecule has 0 saturated carbocycles. The Hall–Kier alpha value is -0.590. The molecule has 0 amide bonds. The number of methoxy groups -OCH3 is 3. The molecule has 0 fully saturated rings. The second kappa shape index (κ2) is 76.8. The van der Waals surface area contributed by atoms with E-state index in [-0.39, 0.29) is 44.6 Å². The Morgan fingerprint density at radius 3 is 1.26 bits per heavy atom. The molecule has 0 aromatic heterocycles. The molecule has 39 heavy (non-hydrogen) atoms. The van der Waals surface area contributed by atoms with E-state index in [2.05, 4.69) is 75.2 Å². The third-order valence-electron chi connectivity index (χ3n) is 3.99. The lowest BCUT2D eigenvalue weighted by atomic mass is 10.1. The van der Waals surface area contributed by atoms with Crippen LogP contribution in [-0.4, -0.2) is 65.7 Å². The van der Waals surface area contributed by atoms with E-state index in [1.54, 1.807) is 21.3 Å². The third-order valence-corrected chi connectivity index (χ3v) is 4.56. The van der Waals surface area contributed by atoms with Crippen LogP contribution in [0, 0.1) is 0 Å². The molecule has 1 N–H and O–H groups in total. The summed E-state index contributed by atoms with van der Waals surface area (Å²) in [7, 11) is 7.07. The van der Waals surface area contributed by atoms with Gasteiger partial charge in [-0.3, -0.25) is 0 Å². The van der Waals surface area contributed by atoms with Gasteiger partial charge in [-0.2, -0.15) is 11.8 Å². The standard InChI is InChI=1S/C11H16O.C4H10O.C4H10.C3H9N.C3H8O.C3H8S.6CH4/c1-10(12-2)8-9-11-6-4-3-5-7-11;1-4(2)5-3;4*1-3-4-2;;;;;;/h3-7,10H,8-9H2,1-2H3;4H,1-3H3;3-4H2,1-2H3;4H,3H2,1-2H3;2*3H2,1-2H3;6*1H4. The van der Waals surface area contributed by atoms with Crippen LogP contribution in [0.2, 0.25) is 0 Å². The first-order valence-corrected chi connectivity index (χ1v) is 13.9. The van der Waals surface area contributed by atoms with Crippen LogP contribution in [0.25, 0.3) is 0 Å². The highest BCUT2D eigenvalue weighted by Crippen LogP contribution is 2.05. The highest BCUT2D eigenvalue weighted by molar-refractivity contribution is 7.98.